The molecule has 0 saturated heterocycles. The third kappa shape index (κ3) is 11.9. The van der Waals surface area contributed by atoms with E-state index < -0.39 is 0 Å². The van der Waals surface area contributed by atoms with Crippen LogP contribution in [-0.4, -0.2) is 17.1 Å². The SMILES string of the molecule is C[SH+]CCCCCCCCCCCCc1ccc(O)cc1C.[Br-]. The van der Waals surface area contributed by atoms with Gasteiger partial charge in [-0.1, -0.05) is 51.0 Å². The lowest BCUT2D eigenvalue weighted by molar-refractivity contribution is -0.00000582. The van der Waals surface area contributed by atoms with E-state index in [4.69, 9.17) is 0 Å². The molecule has 1 rings (SSSR count). The summed E-state index contributed by atoms with van der Waals surface area (Å²) in [5.41, 5.74) is 2.62. The molecule has 3 heteroatoms. The molecule has 1 N–H and O–H groups in total. The van der Waals surface area contributed by atoms with Crippen molar-refractivity contribution < 1.29 is 22.1 Å². The number of phenolic OH excluding ortho intramolecular Hbond substituents is 1. The minimum Gasteiger partial charge on any atom is -1.00 e. The summed E-state index contributed by atoms with van der Waals surface area (Å²) in [6.45, 7) is 2.09. The number of aryl methyl sites for hydroxylation is 2. The summed E-state index contributed by atoms with van der Waals surface area (Å²) in [4.78, 5) is 0. The van der Waals surface area contributed by atoms with Gasteiger partial charge in [-0.25, -0.2) is 0 Å². The molecule has 1 aromatic rings. The topological polar surface area (TPSA) is 20.2 Å². The Morgan fingerprint density at radius 1 is 0.826 bits per heavy atom. The molecule has 0 heterocycles. The molecular weight excluding hydrogens is 368 g/mol. The van der Waals surface area contributed by atoms with Gasteiger partial charge in [0.15, 0.2) is 0 Å². The van der Waals surface area contributed by atoms with Crippen LogP contribution in [0.3, 0.4) is 0 Å². The minimum atomic E-state index is 0. The van der Waals surface area contributed by atoms with E-state index in [-0.39, 0.29) is 17.0 Å². The second-order valence-corrected chi connectivity index (χ2v) is 7.52. The zero-order valence-electron chi connectivity index (χ0n) is 15.0. The Labute approximate surface area is 158 Å². The van der Waals surface area contributed by atoms with Gasteiger partial charge >= 0.3 is 0 Å². The van der Waals surface area contributed by atoms with E-state index in [9.17, 15) is 5.11 Å². The molecule has 0 unspecified atom stereocenters. The minimum absolute atomic E-state index is 0. The molecule has 1 aromatic carbocycles. The first kappa shape index (κ1) is 22.9. The van der Waals surface area contributed by atoms with Crippen LogP contribution < -0.4 is 17.0 Å². The number of halogens is 1. The van der Waals surface area contributed by atoms with Gasteiger partial charge in [-0.3, -0.25) is 0 Å². The summed E-state index contributed by atoms with van der Waals surface area (Å²) in [5.74, 6) is 1.77. The van der Waals surface area contributed by atoms with Gasteiger partial charge in [0, 0.05) is 0 Å². The van der Waals surface area contributed by atoms with E-state index in [1.54, 1.807) is 11.8 Å². The summed E-state index contributed by atoms with van der Waals surface area (Å²) in [7, 11) is 0. The predicted octanol–water partition coefficient (Wildman–Crippen LogP) is 2.59. The maximum absolute atomic E-state index is 9.41. The van der Waals surface area contributed by atoms with Crippen LogP contribution in [0, 0.1) is 6.92 Å². The molecule has 0 aliphatic rings. The van der Waals surface area contributed by atoms with Gasteiger partial charge in [-0.15, -0.1) is 0 Å². The van der Waals surface area contributed by atoms with Crippen LogP contribution in [0.15, 0.2) is 18.2 Å². The molecular formula is C20H35BrOS. The first-order valence-electron chi connectivity index (χ1n) is 9.08. The van der Waals surface area contributed by atoms with Crippen molar-refractivity contribution in [3.63, 3.8) is 0 Å². The Kier molecular flexibility index (Phi) is 15.3. The molecule has 23 heavy (non-hydrogen) atoms. The van der Waals surface area contributed by atoms with Crippen molar-refractivity contribution >= 4 is 11.8 Å². The van der Waals surface area contributed by atoms with Crippen LogP contribution in [-0.2, 0) is 18.2 Å². The van der Waals surface area contributed by atoms with Crippen molar-refractivity contribution in [1.82, 2.24) is 0 Å². The van der Waals surface area contributed by atoms with E-state index in [0.717, 1.165) is 6.42 Å². The van der Waals surface area contributed by atoms with Crippen LogP contribution in [0.4, 0.5) is 0 Å². The molecule has 0 bridgehead atoms. The van der Waals surface area contributed by atoms with Gasteiger partial charge in [-0.2, -0.15) is 0 Å². The maximum Gasteiger partial charge on any atom is 0.115 e. The molecule has 0 aliphatic carbocycles. The molecule has 0 aromatic heterocycles. The average molecular weight is 403 g/mol. The van der Waals surface area contributed by atoms with Crippen molar-refractivity contribution in [1.29, 1.82) is 0 Å². The number of rotatable bonds is 13. The summed E-state index contributed by atoms with van der Waals surface area (Å²) < 4.78 is 0. The lowest BCUT2D eigenvalue weighted by Gasteiger charge is -2.06. The highest BCUT2D eigenvalue weighted by atomic mass is 79.9. The Balaban J connectivity index is 0.00000484. The molecule has 0 amide bonds. The largest absolute Gasteiger partial charge is 1.00 e. The highest BCUT2D eigenvalue weighted by Gasteiger charge is 2.00. The van der Waals surface area contributed by atoms with Crippen molar-refractivity contribution in [3.05, 3.63) is 29.3 Å². The number of hydrogen-bond acceptors (Lipinski definition) is 1. The smallest absolute Gasteiger partial charge is 0.115 e. The van der Waals surface area contributed by atoms with E-state index in [1.165, 1.54) is 81.1 Å². The zero-order chi connectivity index (χ0) is 16.0. The standard InChI is InChI=1S/C20H34OS.BrH/c1-18-17-20(21)15-14-19(18)13-11-9-7-5-3-4-6-8-10-12-16-22-2;/h14-15,17,21H,3-13,16H2,1-2H3;1H. The van der Waals surface area contributed by atoms with Gasteiger partial charge in [-0.05, 0) is 67.6 Å². The van der Waals surface area contributed by atoms with Crippen molar-refractivity contribution in [2.24, 2.45) is 0 Å². The summed E-state index contributed by atoms with van der Waals surface area (Å²) in [6.07, 6.45) is 17.4. The lowest BCUT2D eigenvalue weighted by Crippen LogP contribution is -3.00. The molecule has 0 spiro atoms. The van der Waals surface area contributed by atoms with Gasteiger partial charge in [0.25, 0.3) is 0 Å². The fourth-order valence-corrected chi connectivity index (χ4v) is 3.50. The van der Waals surface area contributed by atoms with Gasteiger partial charge in [0.1, 0.15) is 11.5 Å². The zero-order valence-corrected chi connectivity index (χ0v) is 17.5. The monoisotopic (exact) mass is 402 g/mol. The number of hydrogen-bond donors (Lipinski definition) is 1. The quantitative estimate of drug-likeness (QED) is 0.305. The van der Waals surface area contributed by atoms with Crippen molar-refractivity contribution in [3.8, 4) is 5.75 Å². The molecule has 0 radical (unpaired) electrons. The van der Waals surface area contributed by atoms with Crippen LogP contribution in [0.5, 0.6) is 5.75 Å². The van der Waals surface area contributed by atoms with E-state index in [1.807, 2.05) is 12.1 Å². The third-order valence-electron chi connectivity index (χ3n) is 4.40. The van der Waals surface area contributed by atoms with Gasteiger partial charge in [0.2, 0.25) is 0 Å². The first-order valence-corrected chi connectivity index (χ1v) is 10.6. The highest BCUT2D eigenvalue weighted by molar-refractivity contribution is 7.77. The fraction of sp³-hybridized carbons (Fsp3) is 0.700. The van der Waals surface area contributed by atoms with E-state index in [0.29, 0.717) is 5.75 Å². The summed E-state index contributed by atoms with van der Waals surface area (Å²) in [5, 5.41) is 9.41. The number of phenols is 1. The first-order chi connectivity index (χ1) is 10.7. The third-order valence-corrected chi connectivity index (χ3v) is 5.17. The molecule has 1 nitrogen and oxygen atoms in total. The summed E-state index contributed by atoms with van der Waals surface area (Å²) >= 11 is 1.56. The normalized spacial score (nSPS) is 10.5. The second-order valence-electron chi connectivity index (χ2n) is 6.44. The fourth-order valence-electron chi connectivity index (χ4n) is 2.96. The molecule has 134 valence electrons. The second kappa shape index (κ2) is 15.4. The van der Waals surface area contributed by atoms with Crippen molar-refractivity contribution in [2.75, 3.05) is 12.0 Å². The lowest BCUT2D eigenvalue weighted by atomic mass is 10.0. The molecule has 0 saturated carbocycles. The highest BCUT2D eigenvalue weighted by Crippen LogP contribution is 2.18. The number of benzene rings is 1. The van der Waals surface area contributed by atoms with Crippen molar-refractivity contribution in [2.45, 2.75) is 77.6 Å². The molecule has 0 atom stereocenters. The average Bonchev–Trinajstić information content (AvgIpc) is 2.50. The Morgan fingerprint density at radius 3 is 1.87 bits per heavy atom. The van der Waals surface area contributed by atoms with Crippen LogP contribution >= 0.6 is 0 Å². The van der Waals surface area contributed by atoms with Crippen LogP contribution in [0.2, 0.25) is 0 Å². The van der Waals surface area contributed by atoms with Gasteiger partial charge < -0.3 is 22.1 Å². The molecule has 0 aliphatic heterocycles. The number of unbranched alkanes of at least 4 members (excludes halogenated alkanes) is 9. The van der Waals surface area contributed by atoms with Gasteiger partial charge in [0.05, 0.1) is 6.26 Å². The van der Waals surface area contributed by atoms with Crippen LogP contribution in [0.25, 0.3) is 0 Å². The predicted molar refractivity (Wildman–Crippen MR) is 102 cm³/mol. The van der Waals surface area contributed by atoms with E-state index in [2.05, 4.69) is 19.2 Å². The maximum atomic E-state index is 9.41. The van der Waals surface area contributed by atoms with Crippen LogP contribution in [0.1, 0.15) is 75.3 Å². The number of thiol groups is 1. The summed E-state index contributed by atoms with van der Waals surface area (Å²) in [6, 6.07) is 5.75. The Bertz CT molecular complexity index is 395. The Morgan fingerprint density at radius 2 is 1.35 bits per heavy atom. The molecule has 0 fully saturated rings. The number of aromatic hydroxyl groups is 1. The Hall–Kier alpha value is -0.150. The van der Waals surface area contributed by atoms with E-state index >= 15 is 0 Å².